The van der Waals surface area contributed by atoms with Crippen LogP contribution in [0.3, 0.4) is 0 Å². The number of hydrogen-bond donors (Lipinski definition) is 3. The number of nitrogens with one attached hydrogen (secondary N) is 1. The molecule has 0 saturated heterocycles. The van der Waals surface area contributed by atoms with Crippen molar-refractivity contribution in [3.8, 4) is 0 Å². The molecule has 9 heteroatoms. The largest absolute Gasteiger partial charge is 0.478 e. The third-order valence-electron chi connectivity index (χ3n) is 3.22. The molecule has 3 N–H and O–H groups in total. The molecule has 2 rings (SSSR count). The number of dihydropyridines is 1. The second-order valence-corrected chi connectivity index (χ2v) is 4.65. The van der Waals surface area contributed by atoms with Crippen molar-refractivity contribution in [1.29, 1.82) is 0 Å². The van der Waals surface area contributed by atoms with Gasteiger partial charge in [-0.15, -0.1) is 0 Å². The zero-order valence-corrected chi connectivity index (χ0v) is 11.2. The number of carbonyl (C=O) groups is 2. The van der Waals surface area contributed by atoms with Gasteiger partial charge in [-0.2, -0.15) is 13.2 Å². The molecule has 0 saturated carbocycles. The molecule has 0 spiro atoms. The third kappa shape index (κ3) is 3.17. The van der Waals surface area contributed by atoms with E-state index >= 15 is 0 Å². The van der Waals surface area contributed by atoms with Gasteiger partial charge >= 0.3 is 18.1 Å². The molecule has 0 bridgehead atoms. The molecule has 0 unspecified atom stereocenters. The van der Waals surface area contributed by atoms with E-state index in [1.54, 1.807) is 0 Å². The molecule has 0 radical (unpaired) electrons. The lowest BCUT2D eigenvalue weighted by atomic mass is 9.83. The zero-order chi connectivity index (χ0) is 17.4. The fourth-order valence-corrected chi connectivity index (χ4v) is 2.22. The smallest absolute Gasteiger partial charge is 0.419 e. The summed E-state index contributed by atoms with van der Waals surface area (Å²) in [7, 11) is 0. The van der Waals surface area contributed by atoms with E-state index in [0.29, 0.717) is 12.1 Å². The number of rotatable bonds is 3. The Balaban J connectivity index is 2.62. The number of carboxylic acids is 2. The van der Waals surface area contributed by atoms with Gasteiger partial charge in [-0.3, -0.25) is 0 Å². The van der Waals surface area contributed by atoms with E-state index in [1.807, 2.05) is 0 Å². The maximum atomic E-state index is 13.3. The van der Waals surface area contributed by atoms with E-state index in [-0.39, 0.29) is 5.56 Å². The Kier molecular flexibility index (Phi) is 4.13. The molecule has 1 aliphatic rings. The molecule has 5 nitrogen and oxygen atoms in total. The Bertz CT molecular complexity index is 707. The van der Waals surface area contributed by atoms with Crippen LogP contribution in [0.2, 0.25) is 0 Å². The molecule has 0 aromatic heterocycles. The van der Waals surface area contributed by atoms with Gasteiger partial charge in [0.25, 0.3) is 0 Å². The molecule has 0 fully saturated rings. The van der Waals surface area contributed by atoms with Gasteiger partial charge in [0.1, 0.15) is 5.82 Å². The van der Waals surface area contributed by atoms with Crippen molar-refractivity contribution in [3.63, 3.8) is 0 Å². The molecular weight excluding hydrogens is 322 g/mol. The van der Waals surface area contributed by atoms with Crippen molar-refractivity contribution in [2.24, 2.45) is 0 Å². The van der Waals surface area contributed by atoms with Gasteiger partial charge in [0.2, 0.25) is 0 Å². The SMILES string of the molecule is O=C(O)C1=CNC=C(C(=O)O)C1c1ccc(F)c(C(F)(F)F)c1. The highest BCUT2D eigenvalue weighted by Gasteiger charge is 2.37. The first-order chi connectivity index (χ1) is 10.6. The minimum absolute atomic E-state index is 0.289. The molecule has 1 aliphatic heterocycles. The Labute approximate surface area is 126 Å². The normalized spacial score (nSPS) is 15.5. The van der Waals surface area contributed by atoms with E-state index in [4.69, 9.17) is 10.2 Å². The summed E-state index contributed by atoms with van der Waals surface area (Å²) in [6, 6.07) is 1.87. The molecule has 1 heterocycles. The average molecular weight is 331 g/mol. The average Bonchev–Trinajstić information content (AvgIpc) is 2.45. The Hall–Kier alpha value is -2.84. The number of aliphatic carboxylic acids is 2. The summed E-state index contributed by atoms with van der Waals surface area (Å²) in [6.45, 7) is 0. The van der Waals surface area contributed by atoms with Crippen LogP contribution in [0.25, 0.3) is 0 Å². The Morgan fingerprint density at radius 1 is 1.04 bits per heavy atom. The van der Waals surface area contributed by atoms with E-state index in [2.05, 4.69) is 5.32 Å². The van der Waals surface area contributed by atoms with Gasteiger partial charge in [-0.1, -0.05) is 6.07 Å². The molecule has 122 valence electrons. The second kappa shape index (κ2) is 5.75. The van der Waals surface area contributed by atoms with Crippen molar-refractivity contribution >= 4 is 11.9 Å². The van der Waals surface area contributed by atoms with Crippen LogP contribution >= 0.6 is 0 Å². The van der Waals surface area contributed by atoms with Crippen LogP contribution in [-0.2, 0) is 15.8 Å². The number of halogens is 4. The van der Waals surface area contributed by atoms with Gasteiger partial charge < -0.3 is 15.5 Å². The monoisotopic (exact) mass is 331 g/mol. The molecule has 1 aromatic rings. The number of benzene rings is 1. The summed E-state index contributed by atoms with van der Waals surface area (Å²) < 4.78 is 51.7. The molecule has 23 heavy (non-hydrogen) atoms. The van der Waals surface area contributed by atoms with Crippen molar-refractivity contribution in [2.75, 3.05) is 0 Å². The lowest BCUT2D eigenvalue weighted by Gasteiger charge is -2.23. The predicted molar refractivity (Wildman–Crippen MR) is 68.7 cm³/mol. The first-order valence-electron chi connectivity index (χ1n) is 6.12. The maximum Gasteiger partial charge on any atom is 0.419 e. The fourth-order valence-electron chi connectivity index (χ4n) is 2.22. The lowest BCUT2D eigenvalue weighted by molar-refractivity contribution is -0.140. The van der Waals surface area contributed by atoms with Gasteiger partial charge in [0, 0.05) is 12.4 Å². The van der Waals surface area contributed by atoms with E-state index in [9.17, 15) is 27.2 Å². The standard InChI is InChI=1S/C14H9F4NO4/c15-10-2-1-6(3-9(10)14(16,17)18)11-7(12(20)21)4-19-5-8(11)13(22)23/h1-5,11,19H,(H,20,21)(H,22,23). The molecule has 1 aromatic carbocycles. The number of alkyl halides is 3. The van der Waals surface area contributed by atoms with Crippen LogP contribution in [0.5, 0.6) is 0 Å². The first kappa shape index (κ1) is 16.5. The highest BCUT2D eigenvalue weighted by atomic mass is 19.4. The highest BCUT2D eigenvalue weighted by molar-refractivity contribution is 5.97. The van der Waals surface area contributed by atoms with E-state index in [1.165, 1.54) is 0 Å². The Morgan fingerprint density at radius 2 is 1.57 bits per heavy atom. The quantitative estimate of drug-likeness (QED) is 0.741. The van der Waals surface area contributed by atoms with E-state index < -0.39 is 46.6 Å². The molecular formula is C14H9F4NO4. The molecule has 0 amide bonds. The van der Waals surface area contributed by atoms with Gasteiger partial charge in [0.05, 0.1) is 22.6 Å². The van der Waals surface area contributed by atoms with Crippen LogP contribution in [0.15, 0.2) is 41.7 Å². The van der Waals surface area contributed by atoms with Crippen molar-refractivity contribution in [2.45, 2.75) is 12.1 Å². The van der Waals surface area contributed by atoms with Crippen LogP contribution in [0, 0.1) is 5.82 Å². The van der Waals surface area contributed by atoms with Crippen molar-refractivity contribution in [1.82, 2.24) is 5.32 Å². The minimum atomic E-state index is -4.99. The second-order valence-electron chi connectivity index (χ2n) is 4.65. The number of hydrogen-bond acceptors (Lipinski definition) is 3. The van der Waals surface area contributed by atoms with Crippen molar-refractivity contribution in [3.05, 3.63) is 58.7 Å². The van der Waals surface area contributed by atoms with Gasteiger partial charge in [0.15, 0.2) is 0 Å². The highest BCUT2D eigenvalue weighted by Crippen LogP contribution is 2.38. The lowest BCUT2D eigenvalue weighted by Crippen LogP contribution is -2.25. The predicted octanol–water partition coefficient (Wildman–Crippen LogP) is 2.47. The van der Waals surface area contributed by atoms with Crippen LogP contribution < -0.4 is 5.32 Å². The number of carboxylic acid groups (broad SMARTS) is 2. The molecule has 0 atom stereocenters. The maximum absolute atomic E-state index is 13.3. The zero-order valence-electron chi connectivity index (χ0n) is 11.2. The Morgan fingerprint density at radius 3 is 2.00 bits per heavy atom. The fraction of sp³-hybridized carbons (Fsp3) is 0.143. The van der Waals surface area contributed by atoms with Crippen molar-refractivity contribution < 1.29 is 37.4 Å². The minimum Gasteiger partial charge on any atom is -0.478 e. The van der Waals surface area contributed by atoms with Crippen LogP contribution in [0.1, 0.15) is 17.0 Å². The van der Waals surface area contributed by atoms with Crippen LogP contribution in [-0.4, -0.2) is 22.2 Å². The summed E-state index contributed by atoms with van der Waals surface area (Å²) >= 11 is 0. The van der Waals surface area contributed by atoms with Crippen LogP contribution in [0.4, 0.5) is 17.6 Å². The van der Waals surface area contributed by atoms with Gasteiger partial charge in [-0.25, -0.2) is 14.0 Å². The molecule has 0 aliphatic carbocycles. The topological polar surface area (TPSA) is 86.6 Å². The third-order valence-corrected chi connectivity index (χ3v) is 3.22. The summed E-state index contributed by atoms with van der Waals surface area (Å²) in [4.78, 5) is 22.5. The van der Waals surface area contributed by atoms with Gasteiger partial charge in [-0.05, 0) is 17.7 Å². The van der Waals surface area contributed by atoms with E-state index in [0.717, 1.165) is 18.5 Å². The summed E-state index contributed by atoms with van der Waals surface area (Å²) in [5.74, 6) is -6.01. The summed E-state index contributed by atoms with van der Waals surface area (Å²) in [5, 5.41) is 20.6. The summed E-state index contributed by atoms with van der Waals surface area (Å²) in [5.41, 5.74) is -2.82. The summed E-state index contributed by atoms with van der Waals surface area (Å²) in [6.07, 6.45) is -3.06. The first-order valence-corrected chi connectivity index (χ1v) is 6.12.